The van der Waals surface area contributed by atoms with Gasteiger partial charge < -0.3 is 15.4 Å². The largest absolute Gasteiger partial charge is 0.495 e. The van der Waals surface area contributed by atoms with Crippen LogP contribution in [0.5, 0.6) is 5.75 Å². The van der Waals surface area contributed by atoms with Gasteiger partial charge in [0.25, 0.3) is 0 Å². The molecule has 0 bridgehead atoms. The average molecular weight is 361 g/mol. The molecule has 2 rings (SSSR count). The molecule has 0 aliphatic heterocycles. The monoisotopic (exact) mass is 360 g/mol. The molecule has 0 heterocycles. The highest BCUT2D eigenvalue weighted by Crippen LogP contribution is 2.27. The Balaban J connectivity index is 1.82. The van der Waals surface area contributed by atoms with Crippen LogP contribution in [-0.2, 0) is 10.2 Å². The molecule has 0 aliphatic carbocycles. The van der Waals surface area contributed by atoms with Crippen LogP contribution >= 0.6 is 11.6 Å². The van der Waals surface area contributed by atoms with E-state index < -0.39 is 0 Å². The smallest absolute Gasteiger partial charge is 0.226 e. The number of carbonyl (C=O) groups excluding carboxylic acids is 1. The summed E-state index contributed by atoms with van der Waals surface area (Å²) in [4.78, 5) is 12.1. The molecule has 0 unspecified atom stereocenters. The van der Waals surface area contributed by atoms with Gasteiger partial charge in [-0.3, -0.25) is 4.79 Å². The number of carbonyl (C=O) groups is 1. The van der Waals surface area contributed by atoms with Crippen molar-refractivity contribution in [1.29, 1.82) is 0 Å². The van der Waals surface area contributed by atoms with Crippen molar-refractivity contribution in [3.05, 3.63) is 53.1 Å². The molecule has 0 aromatic heterocycles. The predicted octanol–water partition coefficient (Wildman–Crippen LogP) is 5.09. The van der Waals surface area contributed by atoms with Crippen molar-refractivity contribution in [1.82, 2.24) is 0 Å². The SMILES string of the molecule is COc1ccc(NCCC(=O)Nc2ccc(C(C)(C)C)cc2)cc1Cl. The third-order valence-corrected chi connectivity index (χ3v) is 4.16. The van der Waals surface area contributed by atoms with Crippen molar-refractivity contribution in [3.8, 4) is 5.75 Å². The topological polar surface area (TPSA) is 50.4 Å². The van der Waals surface area contributed by atoms with E-state index in [2.05, 4.69) is 31.4 Å². The van der Waals surface area contributed by atoms with Crippen LogP contribution in [0, 0.1) is 0 Å². The predicted molar refractivity (Wildman–Crippen MR) is 105 cm³/mol. The minimum Gasteiger partial charge on any atom is -0.495 e. The van der Waals surface area contributed by atoms with Gasteiger partial charge in [0.05, 0.1) is 12.1 Å². The Hall–Kier alpha value is -2.20. The Kier molecular flexibility index (Phi) is 6.32. The van der Waals surface area contributed by atoms with Gasteiger partial charge >= 0.3 is 0 Å². The lowest BCUT2D eigenvalue weighted by Gasteiger charge is -2.19. The highest BCUT2D eigenvalue weighted by molar-refractivity contribution is 6.32. The third-order valence-electron chi connectivity index (χ3n) is 3.87. The number of rotatable bonds is 6. The van der Waals surface area contributed by atoms with Crippen LogP contribution < -0.4 is 15.4 Å². The van der Waals surface area contributed by atoms with Crippen molar-refractivity contribution in [2.24, 2.45) is 0 Å². The van der Waals surface area contributed by atoms with E-state index in [9.17, 15) is 4.79 Å². The summed E-state index contributed by atoms with van der Waals surface area (Å²) in [6, 6.07) is 13.4. The molecular formula is C20H25ClN2O2. The second-order valence-electron chi connectivity index (χ2n) is 6.90. The molecule has 2 aromatic rings. The van der Waals surface area contributed by atoms with Crippen LogP contribution in [0.3, 0.4) is 0 Å². The first-order chi connectivity index (χ1) is 11.8. The van der Waals surface area contributed by atoms with Gasteiger partial charge in [-0.05, 0) is 41.3 Å². The van der Waals surface area contributed by atoms with Crippen LogP contribution in [-0.4, -0.2) is 19.6 Å². The number of methoxy groups -OCH3 is 1. The second-order valence-corrected chi connectivity index (χ2v) is 7.31. The van der Waals surface area contributed by atoms with Crippen molar-refractivity contribution < 1.29 is 9.53 Å². The Morgan fingerprint density at radius 2 is 1.72 bits per heavy atom. The van der Waals surface area contributed by atoms with E-state index in [0.29, 0.717) is 23.7 Å². The zero-order chi connectivity index (χ0) is 18.4. The van der Waals surface area contributed by atoms with Crippen molar-refractivity contribution in [3.63, 3.8) is 0 Å². The van der Waals surface area contributed by atoms with E-state index in [0.717, 1.165) is 11.4 Å². The Bertz CT molecular complexity index is 721. The van der Waals surface area contributed by atoms with Gasteiger partial charge in [-0.15, -0.1) is 0 Å². The van der Waals surface area contributed by atoms with Gasteiger partial charge in [-0.25, -0.2) is 0 Å². The minimum atomic E-state index is -0.0318. The van der Waals surface area contributed by atoms with Crippen molar-refractivity contribution in [2.45, 2.75) is 32.6 Å². The fourth-order valence-electron chi connectivity index (χ4n) is 2.37. The van der Waals surface area contributed by atoms with E-state index in [1.165, 1.54) is 5.56 Å². The van der Waals surface area contributed by atoms with Crippen LogP contribution in [0.25, 0.3) is 0 Å². The lowest BCUT2D eigenvalue weighted by atomic mass is 9.87. The summed E-state index contributed by atoms with van der Waals surface area (Å²) in [5.41, 5.74) is 3.01. The molecule has 0 saturated carbocycles. The van der Waals surface area contributed by atoms with Crippen LogP contribution in [0.2, 0.25) is 5.02 Å². The normalized spacial score (nSPS) is 11.1. The summed E-state index contributed by atoms with van der Waals surface area (Å²) in [5, 5.41) is 6.63. The van der Waals surface area contributed by atoms with Gasteiger partial charge in [0, 0.05) is 24.3 Å². The first-order valence-electron chi connectivity index (χ1n) is 8.27. The fraction of sp³-hybridized carbons (Fsp3) is 0.350. The van der Waals surface area contributed by atoms with Crippen LogP contribution in [0.1, 0.15) is 32.8 Å². The zero-order valence-electron chi connectivity index (χ0n) is 15.2. The van der Waals surface area contributed by atoms with Gasteiger partial charge in [0.1, 0.15) is 5.75 Å². The maximum atomic E-state index is 12.1. The number of anilines is 2. The lowest BCUT2D eigenvalue weighted by Crippen LogP contribution is -2.16. The molecule has 2 aromatic carbocycles. The second kappa shape index (κ2) is 8.26. The van der Waals surface area contributed by atoms with E-state index in [1.54, 1.807) is 19.2 Å². The fourth-order valence-corrected chi connectivity index (χ4v) is 2.63. The van der Waals surface area contributed by atoms with E-state index in [-0.39, 0.29) is 11.3 Å². The Labute approximate surface area is 154 Å². The van der Waals surface area contributed by atoms with E-state index in [1.807, 2.05) is 30.3 Å². The summed E-state index contributed by atoms with van der Waals surface area (Å²) < 4.78 is 5.11. The molecule has 1 amide bonds. The quantitative estimate of drug-likeness (QED) is 0.754. The number of halogens is 1. The molecule has 0 aliphatic rings. The highest BCUT2D eigenvalue weighted by Gasteiger charge is 2.13. The molecule has 134 valence electrons. The summed E-state index contributed by atoms with van der Waals surface area (Å²) >= 11 is 6.08. The number of hydrogen-bond donors (Lipinski definition) is 2. The first-order valence-corrected chi connectivity index (χ1v) is 8.65. The summed E-state index contributed by atoms with van der Waals surface area (Å²) in [7, 11) is 1.58. The molecule has 25 heavy (non-hydrogen) atoms. The van der Waals surface area contributed by atoms with Gasteiger partial charge in [0.15, 0.2) is 0 Å². The highest BCUT2D eigenvalue weighted by atomic mass is 35.5. The van der Waals surface area contributed by atoms with E-state index in [4.69, 9.17) is 16.3 Å². The van der Waals surface area contributed by atoms with Crippen molar-refractivity contribution in [2.75, 3.05) is 24.3 Å². The van der Waals surface area contributed by atoms with Crippen LogP contribution in [0.15, 0.2) is 42.5 Å². The number of ether oxygens (including phenoxy) is 1. The lowest BCUT2D eigenvalue weighted by molar-refractivity contribution is -0.115. The van der Waals surface area contributed by atoms with Gasteiger partial charge in [0.2, 0.25) is 5.91 Å². The molecule has 0 saturated heterocycles. The zero-order valence-corrected chi connectivity index (χ0v) is 15.9. The third kappa shape index (κ3) is 5.68. The number of amides is 1. The molecule has 5 heteroatoms. The Morgan fingerprint density at radius 1 is 1.08 bits per heavy atom. The molecular weight excluding hydrogens is 336 g/mol. The number of hydrogen-bond acceptors (Lipinski definition) is 3. The average Bonchev–Trinajstić information content (AvgIpc) is 2.54. The number of nitrogens with one attached hydrogen (secondary N) is 2. The standard InChI is InChI=1S/C20H25ClN2O2/c1-20(2,3)14-5-7-15(8-6-14)23-19(24)11-12-22-16-9-10-18(25-4)17(21)13-16/h5-10,13,22H,11-12H2,1-4H3,(H,23,24). The first kappa shape index (κ1) is 19.1. The summed E-state index contributed by atoms with van der Waals surface area (Å²) in [6.45, 7) is 7.02. The minimum absolute atomic E-state index is 0.0318. The molecule has 2 N–H and O–H groups in total. The van der Waals surface area contributed by atoms with Crippen molar-refractivity contribution >= 4 is 28.9 Å². The van der Waals surface area contributed by atoms with Crippen LogP contribution in [0.4, 0.5) is 11.4 Å². The Morgan fingerprint density at radius 3 is 2.28 bits per heavy atom. The summed E-state index contributed by atoms with van der Waals surface area (Å²) in [6.07, 6.45) is 0.366. The molecule has 0 fully saturated rings. The molecule has 4 nitrogen and oxygen atoms in total. The molecule has 0 spiro atoms. The van der Waals surface area contributed by atoms with E-state index >= 15 is 0 Å². The summed E-state index contributed by atoms with van der Waals surface area (Å²) in [5.74, 6) is 0.597. The van der Waals surface area contributed by atoms with Gasteiger partial charge in [-0.2, -0.15) is 0 Å². The molecule has 0 atom stereocenters. The number of benzene rings is 2. The maximum Gasteiger partial charge on any atom is 0.226 e. The van der Waals surface area contributed by atoms with Gasteiger partial charge in [-0.1, -0.05) is 44.5 Å². The maximum absolute atomic E-state index is 12.1. The molecule has 0 radical (unpaired) electrons.